The average Bonchev–Trinajstić information content (AvgIpc) is 3.18. The Balaban J connectivity index is 1.45. The third-order valence-corrected chi connectivity index (χ3v) is 6.95. The molecule has 1 saturated heterocycles. The van der Waals surface area contributed by atoms with E-state index in [-0.39, 0.29) is 28.0 Å². The summed E-state index contributed by atoms with van der Waals surface area (Å²) in [4.78, 5) is 51.1. The van der Waals surface area contributed by atoms with Crippen LogP contribution in [0.1, 0.15) is 12.5 Å². The number of anilines is 2. The summed E-state index contributed by atoms with van der Waals surface area (Å²) in [5.41, 5.74) is 1.17. The number of halogens is 3. The zero-order valence-corrected chi connectivity index (χ0v) is 23.7. The molecule has 0 aromatic heterocycles. The van der Waals surface area contributed by atoms with Crippen molar-refractivity contribution in [3.63, 3.8) is 0 Å². The Hall–Kier alpha value is -4.06. The van der Waals surface area contributed by atoms with Crippen LogP contribution in [-0.2, 0) is 14.4 Å². The van der Waals surface area contributed by atoms with Gasteiger partial charge in [-0.05, 0) is 78.9 Å². The molecule has 3 aromatic carbocycles. The molecule has 2 N–H and O–H groups in total. The Labute approximate surface area is 248 Å². The van der Waals surface area contributed by atoms with Crippen LogP contribution in [0.4, 0.5) is 20.6 Å². The van der Waals surface area contributed by atoms with E-state index in [4.69, 9.17) is 32.7 Å². The van der Waals surface area contributed by atoms with Gasteiger partial charge in [-0.3, -0.25) is 24.1 Å². The summed E-state index contributed by atoms with van der Waals surface area (Å²) in [6.07, 6.45) is 1.44. The van der Waals surface area contributed by atoms with Crippen molar-refractivity contribution >= 4 is 75.4 Å². The predicted molar refractivity (Wildman–Crippen MR) is 156 cm³/mol. The fourth-order valence-corrected chi connectivity index (χ4v) is 4.92. The Bertz CT molecular complexity index is 1530. The topological polar surface area (TPSA) is 114 Å². The van der Waals surface area contributed by atoms with Crippen LogP contribution in [-0.4, -0.2) is 47.6 Å². The van der Waals surface area contributed by atoms with Gasteiger partial charge in [0, 0.05) is 5.69 Å². The molecule has 0 spiro atoms. The first-order chi connectivity index (χ1) is 19.6. The normalized spacial score (nSPS) is 13.9. The lowest BCUT2D eigenvalue weighted by atomic mass is 10.1. The van der Waals surface area contributed by atoms with Crippen molar-refractivity contribution in [3.8, 4) is 11.5 Å². The molecular weight excluding hydrogens is 596 g/mol. The van der Waals surface area contributed by atoms with Gasteiger partial charge in [0.05, 0.1) is 27.2 Å². The molecule has 0 atom stereocenters. The lowest BCUT2D eigenvalue weighted by Crippen LogP contribution is -2.36. The van der Waals surface area contributed by atoms with Gasteiger partial charge in [-0.1, -0.05) is 35.3 Å². The second-order valence-corrected chi connectivity index (χ2v) is 10.2. The smallest absolute Gasteiger partial charge is 0.294 e. The van der Waals surface area contributed by atoms with Crippen molar-refractivity contribution in [1.82, 2.24) is 4.90 Å². The maximum absolute atomic E-state index is 13.1. The van der Waals surface area contributed by atoms with E-state index in [1.54, 1.807) is 37.3 Å². The van der Waals surface area contributed by atoms with E-state index < -0.39 is 41.9 Å². The second-order valence-electron chi connectivity index (χ2n) is 8.40. The van der Waals surface area contributed by atoms with Gasteiger partial charge in [0.1, 0.15) is 12.4 Å². The second kappa shape index (κ2) is 13.5. The fraction of sp³-hybridized carbons (Fsp3) is 0.143. The number of para-hydroxylation sites is 1. The van der Waals surface area contributed by atoms with E-state index in [0.29, 0.717) is 33.7 Å². The number of hydrogen-bond donors (Lipinski definition) is 2. The molecule has 212 valence electrons. The van der Waals surface area contributed by atoms with Crippen LogP contribution in [0.25, 0.3) is 6.08 Å². The Kier molecular flexibility index (Phi) is 9.87. The van der Waals surface area contributed by atoms with E-state index in [1.807, 2.05) is 0 Å². The Morgan fingerprint density at radius 2 is 1.71 bits per heavy atom. The highest BCUT2D eigenvalue weighted by molar-refractivity contribution is 8.18. The summed E-state index contributed by atoms with van der Waals surface area (Å²) in [5, 5.41) is 4.95. The van der Waals surface area contributed by atoms with Gasteiger partial charge in [-0.2, -0.15) is 0 Å². The van der Waals surface area contributed by atoms with Gasteiger partial charge < -0.3 is 20.1 Å². The summed E-state index contributed by atoms with van der Waals surface area (Å²) in [6, 6.07) is 14.9. The van der Waals surface area contributed by atoms with Crippen molar-refractivity contribution in [2.24, 2.45) is 0 Å². The van der Waals surface area contributed by atoms with Crippen LogP contribution in [0.2, 0.25) is 10.0 Å². The van der Waals surface area contributed by atoms with Crippen LogP contribution >= 0.6 is 35.0 Å². The molecule has 1 heterocycles. The molecule has 0 radical (unpaired) electrons. The van der Waals surface area contributed by atoms with Crippen molar-refractivity contribution in [1.29, 1.82) is 0 Å². The predicted octanol–water partition coefficient (Wildman–Crippen LogP) is 6.22. The van der Waals surface area contributed by atoms with Crippen molar-refractivity contribution < 1.29 is 33.0 Å². The lowest BCUT2D eigenvalue weighted by Gasteiger charge is -2.15. The van der Waals surface area contributed by atoms with Crippen molar-refractivity contribution in [3.05, 3.63) is 87.0 Å². The maximum Gasteiger partial charge on any atom is 0.294 e. The zero-order chi connectivity index (χ0) is 29.5. The van der Waals surface area contributed by atoms with Gasteiger partial charge in [0.15, 0.2) is 18.1 Å². The van der Waals surface area contributed by atoms with Crippen molar-refractivity contribution in [2.75, 3.05) is 30.4 Å². The molecule has 0 unspecified atom stereocenters. The standard InChI is InChI=1S/C28H22Cl2FN3O6S/c1-2-39-22-12-16(11-20(30)26(22)40-15-25(36)32-18-9-7-17(31)8-10-18)13-23-27(37)34(28(38)41-23)14-24(35)33-21-6-4-3-5-19(21)29/h3-13H,2,14-15H2,1H3,(H,32,36)(H,33,35)/b23-13+. The van der Waals surface area contributed by atoms with Crippen LogP contribution in [0.15, 0.2) is 65.6 Å². The zero-order valence-electron chi connectivity index (χ0n) is 21.4. The highest BCUT2D eigenvalue weighted by Gasteiger charge is 2.36. The number of ether oxygens (including phenoxy) is 2. The summed E-state index contributed by atoms with van der Waals surface area (Å²) in [7, 11) is 0. The first-order valence-electron chi connectivity index (χ1n) is 12.1. The minimum Gasteiger partial charge on any atom is -0.490 e. The van der Waals surface area contributed by atoms with Crippen LogP contribution in [0.3, 0.4) is 0 Å². The number of rotatable bonds is 10. The summed E-state index contributed by atoms with van der Waals surface area (Å²) >= 11 is 13.2. The molecular formula is C28H22Cl2FN3O6S. The number of hydrogen-bond acceptors (Lipinski definition) is 7. The molecule has 0 aliphatic carbocycles. The summed E-state index contributed by atoms with van der Waals surface area (Å²) in [5.74, 6) is -1.87. The van der Waals surface area contributed by atoms with Crippen LogP contribution < -0.4 is 20.1 Å². The third kappa shape index (κ3) is 7.78. The average molecular weight is 618 g/mol. The molecule has 1 aliphatic heterocycles. The van der Waals surface area contributed by atoms with Gasteiger partial charge >= 0.3 is 0 Å². The Morgan fingerprint density at radius 1 is 0.976 bits per heavy atom. The minimum absolute atomic E-state index is 0.0754. The minimum atomic E-state index is -0.652. The molecule has 0 saturated carbocycles. The number of amides is 4. The quantitative estimate of drug-likeness (QED) is 0.259. The van der Waals surface area contributed by atoms with Gasteiger partial charge in [0.25, 0.3) is 17.1 Å². The summed E-state index contributed by atoms with van der Waals surface area (Å²) < 4.78 is 24.3. The van der Waals surface area contributed by atoms with Crippen LogP contribution in [0, 0.1) is 5.82 Å². The van der Waals surface area contributed by atoms with Crippen molar-refractivity contribution in [2.45, 2.75) is 6.92 Å². The van der Waals surface area contributed by atoms with Crippen LogP contribution in [0.5, 0.6) is 11.5 Å². The third-order valence-electron chi connectivity index (χ3n) is 5.43. The first kappa shape index (κ1) is 29.9. The molecule has 1 fully saturated rings. The van der Waals surface area contributed by atoms with E-state index in [9.17, 15) is 23.6 Å². The number of imide groups is 1. The van der Waals surface area contributed by atoms with E-state index in [0.717, 1.165) is 4.90 Å². The molecule has 4 amide bonds. The fourth-order valence-electron chi connectivity index (χ4n) is 3.63. The maximum atomic E-state index is 13.1. The Morgan fingerprint density at radius 3 is 2.41 bits per heavy atom. The van der Waals surface area contributed by atoms with E-state index in [1.165, 1.54) is 36.4 Å². The molecule has 41 heavy (non-hydrogen) atoms. The summed E-state index contributed by atoms with van der Waals surface area (Å²) in [6.45, 7) is 1.08. The molecule has 0 bridgehead atoms. The molecule has 13 heteroatoms. The van der Waals surface area contributed by atoms with E-state index >= 15 is 0 Å². The van der Waals surface area contributed by atoms with E-state index in [2.05, 4.69) is 10.6 Å². The first-order valence-corrected chi connectivity index (χ1v) is 13.7. The van der Waals surface area contributed by atoms with Gasteiger partial charge in [0.2, 0.25) is 5.91 Å². The number of carbonyl (C=O) groups excluding carboxylic acids is 4. The largest absolute Gasteiger partial charge is 0.490 e. The SMILES string of the molecule is CCOc1cc(/C=C2/SC(=O)N(CC(=O)Nc3ccccc3Cl)C2=O)cc(Cl)c1OCC(=O)Nc1ccc(F)cc1. The number of nitrogens with one attached hydrogen (secondary N) is 2. The lowest BCUT2D eigenvalue weighted by molar-refractivity contribution is -0.127. The molecule has 9 nitrogen and oxygen atoms in total. The number of carbonyl (C=O) groups is 4. The number of thioether (sulfide) groups is 1. The molecule has 4 rings (SSSR count). The van der Waals surface area contributed by atoms with Gasteiger partial charge in [-0.25, -0.2) is 4.39 Å². The molecule has 1 aliphatic rings. The highest BCUT2D eigenvalue weighted by atomic mass is 35.5. The highest BCUT2D eigenvalue weighted by Crippen LogP contribution is 2.39. The van der Waals surface area contributed by atoms with Gasteiger partial charge in [-0.15, -0.1) is 0 Å². The number of nitrogens with zero attached hydrogens (tertiary/aromatic N) is 1. The monoisotopic (exact) mass is 617 g/mol. The number of benzene rings is 3. The molecule has 3 aromatic rings.